The van der Waals surface area contributed by atoms with Gasteiger partial charge in [0.25, 0.3) is 5.91 Å². The van der Waals surface area contributed by atoms with Gasteiger partial charge < -0.3 is 15.1 Å². The van der Waals surface area contributed by atoms with Crippen LogP contribution >= 0.6 is 23.2 Å². The second-order valence-corrected chi connectivity index (χ2v) is 6.73. The standard InChI is InChI=1S/C16H19Cl2N3O2/c17-11-3-4-12(13(18)10-11)15(22)20-6-8-21(9-7-20)16(23)14-2-1-5-19-14/h3-4,10,14,19H,1-2,5-9H2. The number of hydrogen-bond acceptors (Lipinski definition) is 3. The number of carbonyl (C=O) groups is 2. The van der Waals surface area contributed by atoms with Gasteiger partial charge in [0.2, 0.25) is 5.91 Å². The lowest BCUT2D eigenvalue weighted by molar-refractivity contribution is -0.134. The first-order valence-electron chi connectivity index (χ1n) is 7.83. The third-order valence-electron chi connectivity index (χ3n) is 4.40. The van der Waals surface area contributed by atoms with Gasteiger partial charge in [-0.2, -0.15) is 0 Å². The van der Waals surface area contributed by atoms with Gasteiger partial charge >= 0.3 is 0 Å². The fourth-order valence-corrected chi connectivity index (χ4v) is 3.57. The highest BCUT2D eigenvalue weighted by atomic mass is 35.5. The average molecular weight is 356 g/mol. The summed E-state index contributed by atoms with van der Waals surface area (Å²) in [7, 11) is 0. The lowest BCUT2D eigenvalue weighted by Gasteiger charge is -2.36. The van der Waals surface area contributed by atoms with Gasteiger partial charge in [-0.25, -0.2) is 0 Å². The van der Waals surface area contributed by atoms with E-state index in [1.165, 1.54) is 0 Å². The van der Waals surface area contributed by atoms with E-state index in [2.05, 4.69) is 5.32 Å². The van der Waals surface area contributed by atoms with Crippen LogP contribution in [0.2, 0.25) is 10.0 Å². The lowest BCUT2D eigenvalue weighted by atomic mass is 10.1. The molecule has 124 valence electrons. The van der Waals surface area contributed by atoms with Crippen LogP contribution in [0.5, 0.6) is 0 Å². The Morgan fingerprint density at radius 3 is 2.39 bits per heavy atom. The van der Waals surface area contributed by atoms with Crippen molar-refractivity contribution in [3.63, 3.8) is 0 Å². The Bertz CT molecular complexity index is 609. The first kappa shape index (κ1) is 16.6. The first-order valence-corrected chi connectivity index (χ1v) is 8.58. The SMILES string of the molecule is O=C(c1ccc(Cl)cc1Cl)N1CCN(C(=O)C2CCCN2)CC1. The molecule has 7 heteroatoms. The number of hydrogen-bond donors (Lipinski definition) is 1. The van der Waals surface area contributed by atoms with Crippen LogP contribution in [0, 0.1) is 0 Å². The van der Waals surface area contributed by atoms with Gasteiger partial charge in [0.05, 0.1) is 16.6 Å². The predicted octanol–water partition coefficient (Wildman–Crippen LogP) is 2.03. The van der Waals surface area contributed by atoms with Crippen LogP contribution in [-0.4, -0.2) is 60.4 Å². The number of carbonyl (C=O) groups excluding carboxylic acids is 2. The highest BCUT2D eigenvalue weighted by Crippen LogP contribution is 2.23. The molecule has 2 saturated heterocycles. The minimum atomic E-state index is -0.113. The molecule has 0 saturated carbocycles. The fraction of sp³-hybridized carbons (Fsp3) is 0.500. The number of nitrogens with zero attached hydrogens (tertiary/aromatic N) is 2. The van der Waals surface area contributed by atoms with Crippen molar-refractivity contribution in [3.8, 4) is 0 Å². The van der Waals surface area contributed by atoms with E-state index in [9.17, 15) is 9.59 Å². The molecule has 1 unspecified atom stereocenters. The van der Waals surface area contributed by atoms with Crippen molar-refractivity contribution in [2.75, 3.05) is 32.7 Å². The van der Waals surface area contributed by atoms with Gasteiger partial charge in [0.15, 0.2) is 0 Å². The van der Waals surface area contributed by atoms with Crippen molar-refractivity contribution in [2.24, 2.45) is 0 Å². The van der Waals surface area contributed by atoms with Gasteiger partial charge in [0, 0.05) is 31.2 Å². The summed E-state index contributed by atoms with van der Waals surface area (Å²) in [6.07, 6.45) is 1.95. The fourth-order valence-electron chi connectivity index (χ4n) is 3.08. The average Bonchev–Trinajstić information content (AvgIpc) is 3.08. The van der Waals surface area contributed by atoms with Gasteiger partial charge in [-0.15, -0.1) is 0 Å². The molecule has 2 fully saturated rings. The number of nitrogens with one attached hydrogen (secondary N) is 1. The molecule has 0 aromatic heterocycles. The van der Waals surface area contributed by atoms with Crippen molar-refractivity contribution in [1.29, 1.82) is 0 Å². The zero-order chi connectivity index (χ0) is 16.4. The third-order valence-corrected chi connectivity index (χ3v) is 4.95. The molecule has 2 amide bonds. The van der Waals surface area contributed by atoms with E-state index in [0.717, 1.165) is 19.4 Å². The largest absolute Gasteiger partial charge is 0.338 e. The Balaban J connectivity index is 1.60. The summed E-state index contributed by atoms with van der Waals surface area (Å²) in [5, 5.41) is 4.09. The molecule has 23 heavy (non-hydrogen) atoms. The Hall–Kier alpha value is -1.30. The van der Waals surface area contributed by atoms with E-state index >= 15 is 0 Å². The summed E-state index contributed by atoms with van der Waals surface area (Å²) in [5.41, 5.74) is 0.452. The van der Waals surface area contributed by atoms with E-state index in [4.69, 9.17) is 23.2 Å². The molecule has 0 aliphatic carbocycles. The monoisotopic (exact) mass is 355 g/mol. The maximum absolute atomic E-state index is 12.5. The maximum Gasteiger partial charge on any atom is 0.255 e. The van der Waals surface area contributed by atoms with Gasteiger partial charge in [-0.05, 0) is 37.6 Å². The number of piperazine rings is 1. The van der Waals surface area contributed by atoms with Crippen LogP contribution in [-0.2, 0) is 4.79 Å². The molecule has 1 atom stereocenters. The number of amides is 2. The van der Waals surface area contributed by atoms with Gasteiger partial charge in [-0.1, -0.05) is 23.2 Å². The molecule has 1 aromatic carbocycles. The molecule has 5 nitrogen and oxygen atoms in total. The summed E-state index contributed by atoms with van der Waals surface area (Å²) in [6.45, 7) is 3.08. The second kappa shape index (κ2) is 7.07. The Morgan fingerprint density at radius 2 is 1.78 bits per heavy atom. The summed E-state index contributed by atoms with van der Waals surface area (Å²) in [5.74, 6) is 0.0388. The van der Waals surface area contributed by atoms with Crippen molar-refractivity contribution >= 4 is 35.0 Å². The molecule has 2 heterocycles. The van der Waals surface area contributed by atoms with Crippen molar-refractivity contribution in [2.45, 2.75) is 18.9 Å². The molecule has 0 spiro atoms. The number of benzene rings is 1. The topological polar surface area (TPSA) is 52.7 Å². The van der Waals surface area contributed by atoms with Crippen molar-refractivity contribution in [1.82, 2.24) is 15.1 Å². The maximum atomic E-state index is 12.5. The van der Waals surface area contributed by atoms with E-state index < -0.39 is 0 Å². The molecule has 1 aromatic rings. The molecular weight excluding hydrogens is 337 g/mol. The lowest BCUT2D eigenvalue weighted by Crippen LogP contribution is -2.54. The van der Waals surface area contributed by atoms with Gasteiger partial charge in [0.1, 0.15) is 0 Å². The van der Waals surface area contributed by atoms with Crippen LogP contribution in [0.25, 0.3) is 0 Å². The third kappa shape index (κ3) is 3.62. The Labute approximate surface area is 145 Å². The summed E-state index contributed by atoms with van der Waals surface area (Å²) < 4.78 is 0. The second-order valence-electron chi connectivity index (χ2n) is 5.89. The first-order chi connectivity index (χ1) is 11.1. The summed E-state index contributed by atoms with van der Waals surface area (Å²) in [6, 6.07) is 4.82. The van der Waals surface area contributed by atoms with E-state index in [-0.39, 0.29) is 17.9 Å². The van der Waals surface area contributed by atoms with Crippen LogP contribution < -0.4 is 5.32 Å². The normalized spacial score (nSPS) is 21.6. The van der Waals surface area contributed by atoms with Crippen molar-refractivity contribution in [3.05, 3.63) is 33.8 Å². The zero-order valence-corrected chi connectivity index (χ0v) is 14.2. The quantitative estimate of drug-likeness (QED) is 0.882. The van der Waals surface area contributed by atoms with Crippen LogP contribution in [0.15, 0.2) is 18.2 Å². The number of rotatable bonds is 2. The molecular formula is C16H19Cl2N3O2. The Kier molecular flexibility index (Phi) is 5.09. The van der Waals surface area contributed by atoms with Crippen molar-refractivity contribution < 1.29 is 9.59 Å². The predicted molar refractivity (Wildman–Crippen MR) is 90.0 cm³/mol. The van der Waals surface area contributed by atoms with E-state index in [1.54, 1.807) is 23.1 Å². The molecule has 0 radical (unpaired) electrons. The summed E-state index contributed by atoms with van der Waals surface area (Å²) in [4.78, 5) is 28.5. The Morgan fingerprint density at radius 1 is 1.09 bits per heavy atom. The highest BCUT2D eigenvalue weighted by molar-refractivity contribution is 6.36. The molecule has 2 aliphatic heterocycles. The van der Waals surface area contributed by atoms with Crippen LogP contribution in [0.3, 0.4) is 0 Å². The molecule has 0 bridgehead atoms. The van der Waals surface area contributed by atoms with Crippen LogP contribution in [0.4, 0.5) is 0 Å². The van der Waals surface area contributed by atoms with Gasteiger partial charge in [-0.3, -0.25) is 9.59 Å². The minimum absolute atomic E-state index is 0.0528. The van der Waals surface area contributed by atoms with E-state index in [0.29, 0.717) is 41.8 Å². The molecule has 1 N–H and O–H groups in total. The van der Waals surface area contributed by atoms with E-state index in [1.807, 2.05) is 4.90 Å². The zero-order valence-electron chi connectivity index (χ0n) is 12.7. The minimum Gasteiger partial charge on any atom is -0.338 e. The molecule has 2 aliphatic rings. The molecule has 3 rings (SSSR count). The summed E-state index contributed by atoms with van der Waals surface area (Å²) >= 11 is 12.0. The van der Waals surface area contributed by atoms with Crippen LogP contribution in [0.1, 0.15) is 23.2 Å². The highest BCUT2D eigenvalue weighted by Gasteiger charge is 2.30. The number of halogens is 2. The smallest absolute Gasteiger partial charge is 0.255 e.